The van der Waals surface area contributed by atoms with Crippen LogP contribution in [0.25, 0.3) is 0 Å². The van der Waals surface area contributed by atoms with E-state index in [9.17, 15) is 4.79 Å². The van der Waals surface area contributed by atoms with Crippen molar-refractivity contribution in [2.75, 3.05) is 53.5 Å². The molecule has 0 aromatic carbocycles. The molecule has 0 spiro atoms. The van der Waals surface area contributed by atoms with Gasteiger partial charge in [-0.25, -0.2) is 0 Å². The summed E-state index contributed by atoms with van der Waals surface area (Å²) in [6.07, 6.45) is 2.79. The Morgan fingerprint density at radius 1 is 1.35 bits per heavy atom. The van der Waals surface area contributed by atoms with Gasteiger partial charge in [-0.1, -0.05) is 24.0 Å². The molecule has 2 fully saturated rings. The van der Waals surface area contributed by atoms with Gasteiger partial charge in [0.1, 0.15) is 4.32 Å². The van der Waals surface area contributed by atoms with Gasteiger partial charge in [-0.2, -0.15) is 0 Å². The zero-order chi connectivity index (χ0) is 14.5. The second-order valence-electron chi connectivity index (χ2n) is 5.00. The van der Waals surface area contributed by atoms with Crippen molar-refractivity contribution < 1.29 is 9.53 Å². The van der Waals surface area contributed by atoms with Gasteiger partial charge in [-0.05, 0) is 13.5 Å². The Balaban J connectivity index is 1.93. The minimum Gasteiger partial charge on any atom is -0.385 e. The molecular weight excluding hydrogens is 294 g/mol. The highest BCUT2D eigenvalue weighted by Crippen LogP contribution is 2.31. The van der Waals surface area contributed by atoms with E-state index in [1.54, 1.807) is 12.0 Å². The summed E-state index contributed by atoms with van der Waals surface area (Å²) in [5.74, 6) is 0.0371. The lowest BCUT2D eigenvalue weighted by atomic mass is 10.3. The fourth-order valence-corrected chi connectivity index (χ4v) is 3.48. The van der Waals surface area contributed by atoms with Crippen LogP contribution in [-0.2, 0) is 9.53 Å². The first kappa shape index (κ1) is 15.8. The number of hydrogen-bond donors (Lipinski definition) is 0. The van der Waals surface area contributed by atoms with Gasteiger partial charge in [0.05, 0.1) is 4.91 Å². The predicted octanol–water partition coefficient (Wildman–Crippen LogP) is 0.972. The second-order valence-corrected chi connectivity index (χ2v) is 6.68. The molecule has 0 unspecified atom stereocenters. The van der Waals surface area contributed by atoms with Crippen molar-refractivity contribution in [3.05, 3.63) is 11.1 Å². The molecule has 20 heavy (non-hydrogen) atoms. The zero-order valence-electron chi connectivity index (χ0n) is 12.0. The fourth-order valence-electron chi connectivity index (χ4n) is 2.17. The van der Waals surface area contributed by atoms with Crippen LogP contribution < -0.4 is 0 Å². The minimum atomic E-state index is 0.0371. The smallest absolute Gasteiger partial charge is 0.267 e. The third-order valence-corrected chi connectivity index (χ3v) is 4.81. The topological polar surface area (TPSA) is 36.0 Å². The molecule has 0 N–H and O–H groups in total. The van der Waals surface area contributed by atoms with E-state index < -0.39 is 0 Å². The number of rotatable bonds is 5. The highest BCUT2D eigenvalue weighted by atomic mass is 32.2. The van der Waals surface area contributed by atoms with Gasteiger partial charge in [-0.15, -0.1) is 0 Å². The number of nitrogens with zero attached hydrogens (tertiary/aromatic N) is 3. The van der Waals surface area contributed by atoms with Crippen molar-refractivity contribution in [3.63, 3.8) is 0 Å². The first-order valence-electron chi connectivity index (χ1n) is 6.79. The van der Waals surface area contributed by atoms with Gasteiger partial charge in [0.15, 0.2) is 0 Å². The molecule has 2 saturated heterocycles. The number of hydrogen-bond acceptors (Lipinski definition) is 6. The van der Waals surface area contributed by atoms with Crippen LogP contribution in [-0.4, -0.2) is 78.4 Å². The van der Waals surface area contributed by atoms with Crippen molar-refractivity contribution in [2.24, 2.45) is 0 Å². The van der Waals surface area contributed by atoms with E-state index in [4.69, 9.17) is 17.0 Å². The quantitative estimate of drug-likeness (QED) is 0.427. The number of carbonyl (C=O) groups is 1. The van der Waals surface area contributed by atoms with Gasteiger partial charge in [0.25, 0.3) is 5.91 Å². The molecule has 0 saturated carbocycles. The number of carbonyl (C=O) groups excluding carboxylic acids is 1. The van der Waals surface area contributed by atoms with Gasteiger partial charge < -0.3 is 14.5 Å². The summed E-state index contributed by atoms with van der Waals surface area (Å²) in [7, 11) is 3.78. The van der Waals surface area contributed by atoms with Crippen molar-refractivity contribution in [2.45, 2.75) is 6.42 Å². The van der Waals surface area contributed by atoms with Crippen molar-refractivity contribution in [1.82, 2.24) is 14.7 Å². The number of thiocarbonyl (C=S) groups is 1. The molecule has 0 radical (unpaired) electrons. The molecule has 0 aliphatic carbocycles. The number of ether oxygens (including phenoxy) is 1. The van der Waals surface area contributed by atoms with E-state index in [0.717, 1.165) is 37.5 Å². The third kappa shape index (κ3) is 3.94. The van der Waals surface area contributed by atoms with E-state index in [1.165, 1.54) is 11.8 Å². The van der Waals surface area contributed by atoms with Gasteiger partial charge in [-0.3, -0.25) is 9.69 Å². The van der Waals surface area contributed by atoms with Crippen LogP contribution in [0.5, 0.6) is 0 Å². The van der Waals surface area contributed by atoms with Crippen LogP contribution in [0.2, 0.25) is 0 Å². The maximum Gasteiger partial charge on any atom is 0.267 e. The SMILES string of the molecule is COCCCN1C(=O)/C(=C\N2CCN(C)CC2)SC1=S. The Bertz CT molecular complexity index is 406. The maximum absolute atomic E-state index is 12.3. The lowest BCUT2D eigenvalue weighted by Crippen LogP contribution is -2.42. The molecule has 0 aromatic rings. The highest BCUT2D eigenvalue weighted by Gasteiger charge is 2.32. The summed E-state index contributed by atoms with van der Waals surface area (Å²) in [6.45, 7) is 5.27. The minimum absolute atomic E-state index is 0.0371. The van der Waals surface area contributed by atoms with E-state index in [1.807, 2.05) is 6.20 Å². The Hall–Kier alpha value is -0.630. The standard InChI is InChI=1S/C13H21N3O2S2/c1-14-5-7-15(8-6-14)10-11-12(17)16(13(19)20-11)4-3-9-18-2/h10H,3-9H2,1-2H3/b11-10+. The average Bonchev–Trinajstić information content (AvgIpc) is 2.69. The Labute approximate surface area is 129 Å². The largest absolute Gasteiger partial charge is 0.385 e. The Morgan fingerprint density at radius 2 is 2.05 bits per heavy atom. The predicted molar refractivity (Wildman–Crippen MR) is 85.5 cm³/mol. The summed E-state index contributed by atoms with van der Waals surface area (Å²) in [6, 6.07) is 0. The van der Waals surface area contributed by atoms with E-state index >= 15 is 0 Å². The number of piperazine rings is 1. The van der Waals surface area contributed by atoms with Crippen molar-refractivity contribution in [3.8, 4) is 0 Å². The van der Waals surface area contributed by atoms with Gasteiger partial charge >= 0.3 is 0 Å². The summed E-state index contributed by atoms with van der Waals surface area (Å²) in [4.78, 5) is 19.3. The van der Waals surface area contributed by atoms with Crippen LogP contribution in [0.15, 0.2) is 11.1 Å². The molecule has 7 heteroatoms. The number of likely N-dealkylation sites (N-methyl/N-ethyl adjacent to an activating group) is 1. The van der Waals surface area contributed by atoms with Crippen molar-refractivity contribution in [1.29, 1.82) is 0 Å². The zero-order valence-corrected chi connectivity index (χ0v) is 13.6. The molecule has 2 rings (SSSR count). The Morgan fingerprint density at radius 3 is 2.70 bits per heavy atom. The normalized spacial score (nSPS) is 23.2. The monoisotopic (exact) mass is 315 g/mol. The van der Waals surface area contributed by atoms with Crippen LogP contribution in [0.3, 0.4) is 0 Å². The lowest BCUT2D eigenvalue weighted by Gasteiger charge is -2.31. The molecule has 0 bridgehead atoms. The summed E-state index contributed by atoms with van der Waals surface area (Å²) in [5.41, 5.74) is 0. The highest BCUT2D eigenvalue weighted by molar-refractivity contribution is 8.26. The molecule has 2 heterocycles. The first-order chi connectivity index (χ1) is 9.61. The maximum atomic E-state index is 12.3. The molecule has 2 aliphatic rings. The van der Waals surface area contributed by atoms with Crippen molar-refractivity contribution >= 4 is 34.2 Å². The molecule has 5 nitrogen and oxygen atoms in total. The third-order valence-electron chi connectivity index (χ3n) is 3.44. The number of thioether (sulfide) groups is 1. The van der Waals surface area contributed by atoms with E-state index in [2.05, 4.69) is 16.8 Å². The summed E-state index contributed by atoms with van der Waals surface area (Å²) >= 11 is 6.70. The lowest BCUT2D eigenvalue weighted by molar-refractivity contribution is -0.122. The molecule has 112 valence electrons. The molecule has 2 aliphatic heterocycles. The van der Waals surface area contributed by atoms with Crippen LogP contribution in [0, 0.1) is 0 Å². The van der Waals surface area contributed by atoms with Crippen LogP contribution in [0.1, 0.15) is 6.42 Å². The van der Waals surface area contributed by atoms with Crippen LogP contribution in [0.4, 0.5) is 0 Å². The molecule has 0 atom stereocenters. The van der Waals surface area contributed by atoms with Crippen LogP contribution >= 0.6 is 24.0 Å². The van der Waals surface area contributed by atoms with Gasteiger partial charge in [0.2, 0.25) is 0 Å². The summed E-state index contributed by atoms with van der Waals surface area (Å²) in [5, 5.41) is 0. The van der Waals surface area contributed by atoms with Gasteiger partial charge in [0, 0.05) is 52.6 Å². The van der Waals surface area contributed by atoms with E-state index in [-0.39, 0.29) is 5.91 Å². The molecule has 1 amide bonds. The average molecular weight is 315 g/mol. The molecule has 0 aromatic heterocycles. The second kappa shape index (κ2) is 7.40. The number of methoxy groups -OCH3 is 1. The van der Waals surface area contributed by atoms with E-state index in [0.29, 0.717) is 17.5 Å². The number of amides is 1. The summed E-state index contributed by atoms with van der Waals surface area (Å²) < 4.78 is 5.67. The first-order valence-corrected chi connectivity index (χ1v) is 8.01. The fraction of sp³-hybridized carbons (Fsp3) is 0.692. The Kier molecular flexibility index (Phi) is 5.83. The molecular formula is C13H21N3O2S2.